The van der Waals surface area contributed by atoms with Gasteiger partial charge in [0.05, 0.1) is 6.26 Å². The van der Waals surface area contributed by atoms with Crippen molar-refractivity contribution in [2.45, 2.75) is 6.54 Å². The van der Waals surface area contributed by atoms with E-state index in [0.717, 1.165) is 5.56 Å². The van der Waals surface area contributed by atoms with E-state index in [1.54, 1.807) is 30.5 Å². The van der Waals surface area contributed by atoms with Crippen LogP contribution in [0.4, 0.5) is 16.0 Å². The van der Waals surface area contributed by atoms with E-state index in [1.807, 2.05) is 18.2 Å². The molecule has 0 bridgehead atoms. The Morgan fingerprint density at radius 1 is 1.07 bits per heavy atom. The predicted molar refractivity (Wildman–Crippen MR) is 109 cm³/mol. The zero-order valence-electron chi connectivity index (χ0n) is 15.7. The molecule has 4 rings (SSSR count). The number of carbonyl (C=O) groups is 1. The Balaban J connectivity index is 1.37. The van der Waals surface area contributed by atoms with Crippen LogP contribution in [0, 0.1) is 5.82 Å². The van der Waals surface area contributed by atoms with Crippen molar-refractivity contribution < 1.29 is 18.3 Å². The third-order valence-electron chi connectivity index (χ3n) is 4.05. The van der Waals surface area contributed by atoms with Gasteiger partial charge in [0, 0.05) is 24.5 Å². The Morgan fingerprint density at radius 2 is 1.93 bits per heavy atom. The van der Waals surface area contributed by atoms with E-state index in [0.29, 0.717) is 29.8 Å². The predicted octanol–water partition coefficient (Wildman–Crippen LogP) is 4.87. The monoisotopic (exact) mass is 404 g/mol. The summed E-state index contributed by atoms with van der Waals surface area (Å²) in [6, 6.07) is 17.9. The second-order valence-electron chi connectivity index (χ2n) is 6.26. The van der Waals surface area contributed by atoms with Gasteiger partial charge in [0.15, 0.2) is 5.76 Å². The fourth-order valence-electron chi connectivity index (χ4n) is 2.65. The highest BCUT2D eigenvalue weighted by molar-refractivity contribution is 6.02. The van der Waals surface area contributed by atoms with Gasteiger partial charge in [0.2, 0.25) is 11.8 Å². The zero-order valence-corrected chi connectivity index (χ0v) is 15.7. The van der Waals surface area contributed by atoms with Gasteiger partial charge in [-0.05, 0) is 54.1 Å². The lowest BCUT2D eigenvalue weighted by atomic mass is 10.2. The van der Waals surface area contributed by atoms with E-state index in [4.69, 9.17) is 9.15 Å². The van der Waals surface area contributed by atoms with Crippen molar-refractivity contribution in [1.29, 1.82) is 0 Å². The highest BCUT2D eigenvalue weighted by atomic mass is 19.1. The van der Waals surface area contributed by atoms with E-state index >= 15 is 0 Å². The molecule has 0 radical (unpaired) electrons. The summed E-state index contributed by atoms with van der Waals surface area (Å²) in [6.07, 6.45) is 3.01. The summed E-state index contributed by atoms with van der Waals surface area (Å²) in [5.41, 5.74) is 1.56. The first kappa shape index (κ1) is 19.1. The number of nitrogens with zero attached hydrogens (tertiary/aromatic N) is 2. The topological polar surface area (TPSA) is 89.3 Å². The number of benzene rings is 2. The summed E-state index contributed by atoms with van der Waals surface area (Å²) < 4.78 is 23.7. The summed E-state index contributed by atoms with van der Waals surface area (Å²) in [4.78, 5) is 20.6. The van der Waals surface area contributed by atoms with E-state index < -0.39 is 0 Å². The number of halogens is 1. The molecule has 0 fully saturated rings. The van der Waals surface area contributed by atoms with Crippen LogP contribution in [0.3, 0.4) is 0 Å². The first-order chi connectivity index (χ1) is 14.7. The Kier molecular flexibility index (Phi) is 5.66. The molecule has 8 heteroatoms. The van der Waals surface area contributed by atoms with Crippen LogP contribution < -0.4 is 15.4 Å². The van der Waals surface area contributed by atoms with Crippen LogP contribution in [0.2, 0.25) is 0 Å². The number of amides is 1. The van der Waals surface area contributed by atoms with E-state index in [2.05, 4.69) is 20.6 Å². The molecule has 0 unspecified atom stereocenters. The first-order valence-electron chi connectivity index (χ1n) is 9.10. The molecule has 2 aromatic heterocycles. The molecule has 2 heterocycles. The molecule has 2 N–H and O–H groups in total. The molecular formula is C22H17FN4O3. The molecule has 1 amide bonds. The third-order valence-corrected chi connectivity index (χ3v) is 4.05. The lowest BCUT2D eigenvalue weighted by molar-refractivity contribution is 0.0996. The van der Waals surface area contributed by atoms with Crippen molar-refractivity contribution in [3.63, 3.8) is 0 Å². The fourth-order valence-corrected chi connectivity index (χ4v) is 2.65. The number of nitrogens with one attached hydrogen (secondary N) is 2. The molecule has 0 aliphatic carbocycles. The number of hydrogen-bond donors (Lipinski definition) is 2. The molecule has 4 aromatic rings. The summed E-state index contributed by atoms with van der Waals surface area (Å²) in [5, 5.41) is 5.90. The fraction of sp³-hybridized carbons (Fsp3) is 0.0455. The number of carbonyl (C=O) groups excluding carboxylic acids is 1. The van der Waals surface area contributed by atoms with Gasteiger partial charge >= 0.3 is 0 Å². The van der Waals surface area contributed by atoms with Crippen LogP contribution in [0.1, 0.15) is 16.1 Å². The van der Waals surface area contributed by atoms with Gasteiger partial charge in [-0.2, -0.15) is 4.98 Å². The quantitative estimate of drug-likeness (QED) is 0.457. The molecular weight excluding hydrogens is 387 g/mol. The van der Waals surface area contributed by atoms with Crippen LogP contribution >= 0.6 is 0 Å². The third kappa shape index (κ3) is 4.99. The maximum atomic E-state index is 13.0. The van der Waals surface area contributed by atoms with Gasteiger partial charge < -0.3 is 19.8 Å². The molecule has 0 aliphatic heterocycles. The normalized spacial score (nSPS) is 10.4. The minimum absolute atomic E-state index is 0.241. The van der Waals surface area contributed by atoms with Crippen LogP contribution in [-0.4, -0.2) is 15.9 Å². The Bertz CT molecular complexity index is 1130. The first-order valence-corrected chi connectivity index (χ1v) is 9.10. The SMILES string of the molecule is O=C(Nc1cccc(CNc2nccc(Oc3ccc(F)cc3)n2)c1)c1ccco1. The second kappa shape index (κ2) is 8.87. The standard InChI is InChI=1S/C22H17FN4O3/c23-16-6-8-18(9-7-16)30-20-10-11-24-22(27-20)25-14-15-3-1-4-17(13-15)26-21(28)19-5-2-12-29-19/h1-13H,14H2,(H,26,28)(H,24,25,27). The molecule has 2 aromatic carbocycles. The van der Waals surface area contributed by atoms with Crippen LogP contribution in [0.5, 0.6) is 11.6 Å². The van der Waals surface area contributed by atoms with Crippen LogP contribution in [-0.2, 0) is 6.54 Å². The average molecular weight is 404 g/mol. The summed E-state index contributed by atoms with van der Waals surface area (Å²) >= 11 is 0. The van der Waals surface area contributed by atoms with Crippen molar-refractivity contribution in [3.8, 4) is 11.6 Å². The number of rotatable bonds is 7. The molecule has 0 atom stereocenters. The highest BCUT2D eigenvalue weighted by Gasteiger charge is 2.09. The molecule has 0 saturated carbocycles. The summed E-state index contributed by atoms with van der Waals surface area (Å²) in [7, 11) is 0. The Morgan fingerprint density at radius 3 is 2.73 bits per heavy atom. The zero-order chi connectivity index (χ0) is 20.8. The van der Waals surface area contributed by atoms with Crippen LogP contribution in [0.25, 0.3) is 0 Å². The molecule has 7 nitrogen and oxygen atoms in total. The van der Waals surface area contributed by atoms with Crippen molar-refractivity contribution in [2.75, 3.05) is 10.6 Å². The minimum Gasteiger partial charge on any atom is -0.459 e. The van der Waals surface area contributed by atoms with Crippen molar-refractivity contribution in [2.24, 2.45) is 0 Å². The number of furan rings is 1. The number of anilines is 2. The van der Waals surface area contributed by atoms with E-state index in [9.17, 15) is 9.18 Å². The maximum Gasteiger partial charge on any atom is 0.291 e. The number of hydrogen-bond acceptors (Lipinski definition) is 6. The average Bonchev–Trinajstić information content (AvgIpc) is 3.30. The Hall–Kier alpha value is -4.20. The highest BCUT2D eigenvalue weighted by Crippen LogP contribution is 2.20. The van der Waals surface area contributed by atoms with Gasteiger partial charge in [-0.1, -0.05) is 12.1 Å². The summed E-state index contributed by atoms with van der Waals surface area (Å²) in [6.45, 7) is 0.435. The summed E-state index contributed by atoms with van der Waals surface area (Å²) in [5.74, 6) is 0.762. The maximum absolute atomic E-state index is 13.0. The second-order valence-corrected chi connectivity index (χ2v) is 6.26. The van der Waals surface area contributed by atoms with Crippen molar-refractivity contribution >= 4 is 17.5 Å². The van der Waals surface area contributed by atoms with Gasteiger partial charge in [0.25, 0.3) is 5.91 Å². The van der Waals surface area contributed by atoms with E-state index in [1.165, 1.54) is 30.5 Å². The number of aromatic nitrogens is 2. The molecule has 0 aliphatic rings. The lowest BCUT2D eigenvalue weighted by Gasteiger charge is -2.09. The van der Waals surface area contributed by atoms with Crippen LogP contribution in [0.15, 0.2) is 83.6 Å². The lowest BCUT2D eigenvalue weighted by Crippen LogP contribution is -2.11. The molecule has 30 heavy (non-hydrogen) atoms. The van der Waals surface area contributed by atoms with Crippen molar-refractivity contribution in [3.05, 3.63) is 96.3 Å². The van der Waals surface area contributed by atoms with Gasteiger partial charge in [-0.3, -0.25) is 4.79 Å². The number of ether oxygens (including phenoxy) is 1. The Labute approximate surface area is 171 Å². The largest absolute Gasteiger partial charge is 0.459 e. The molecule has 0 saturated heterocycles. The smallest absolute Gasteiger partial charge is 0.291 e. The van der Waals surface area contributed by atoms with Gasteiger partial charge in [-0.15, -0.1) is 0 Å². The minimum atomic E-state index is -0.338. The van der Waals surface area contributed by atoms with E-state index in [-0.39, 0.29) is 17.5 Å². The molecule has 150 valence electrons. The van der Waals surface area contributed by atoms with Gasteiger partial charge in [0.1, 0.15) is 11.6 Å². The van der Waals surface area contributed by atoms with Gasteiger partial charge in [-0.25, -0.2) is 9.37 Å². The van der Waals surface area contributed by atoms with Crippen molar-refractivity contribution in [1.82, 2.24) is 9.97 Å². The molecule has 0 spiro atoms.